The van der Waals surface area contributed by atoms with Crippen molar-refractivity contribution in [2.45, 2.75) is 64.2 Å². The fourth-order valence-electron chi connectivity index (χ4n) is 3.12. The first kappa shape index (κ1) is 9.30. The van der Waals surface area contributed by atoms with E-state index < -0.39 is 0 Å². The summed E-state index contributed by atoms with van der Waals surface area (Å²) in [6, 6.07) is 0. The van der Waals surface area contributed by atoms with Crippen LogP contribution in [0.15, 0.2) is 12.2 Å². The van der Waals surface area contributed by atoms with Crippen molar-refractivity contribution in [3.63, 3.8) is 0 Å². The minimum atomic E-state index is 0.764. The van der Waals surface area contributed by atoms with E-state index in [1.807, 2.05) is 0 Å². The van der Waals surface area contributed by atoms with Crippen molar-refractivity contribution in [3.05, 3.63) is 12.2 Å². The molecule has 0 saturated heterocycles. The van der Waals surface area contributed by atoms with Gasteiger partial charge in [-0.15, -0.1) is 0 Å². The van der Waals surface area contributed by atoms with Crippen LogP contribution < -0.4 is 0 Å². The predicted octanol–water partition coefficient (Wildman–Crippen LogP) is 4.46. The van der Waals surface area contributed by atoms with Gasteiger partial charge in [0.05, 0.1) is 0 Å². The van der Waals surface area contributed by atoms with Gasteiger partial charge in [0.15, 0.2) is 0 Å². The molecule has 0 N–H and O–H groups in total. The van der Waals surface area contributed by atoms with Gasteiger partial charge in [0.2, 0.25) is 0 Å². The molecule has 0 aromatic carbocycles. The van der Waals surface area contributed by atoms with E-state index in [9.17, 15) is 0 Å². The molecule has 0 aliphatic heterocycles. The minimum Gasteiger partial charge on any atom is -0.0885 e. The molecule has 0 heterocycles. The standard InChI is InChI=1S/C13H22/c1-2-6-10-13(9-5-1)11-7-3-4-8-12-13/h1-2H,3-12H2. The Hall–Kier alpha value is -0.260. The van der Waals surface area contributed by atoms with Crippen molar-refractivity contribution in [1.29, 1.82) is 0 Å². The normalized spacial score (nSPS) is 28.3. The molecule has 0 bridgehead atoms. The van der Waals surface area contributed by atoms with Crippen molar-refractivity contribution in [2.24, 2.45) is 5.41 Å². The third-order valence-electron chi connectivity index (χ3n) is 4.01. The van der Waals surface area contributed by atoms with Crippen LogP contribution in [0.4, 0.5) is 0 Å². The highest BCUT2D eigenvalue weighted by Gasteiger charge is 2.29. The Morgan fingerprint density at radius 2 is 1.15 bits per heavy atom. The van der Waals surface area contributed by atoms with E-state index in [1.54, 1.807) is 0 Å². The van der Waals surface area contributed by atoms with Crippen LogP contribution in [0.2, 0.25) is 0 Å². The summed E-state index contributed by atoms with van der Waals surface area (Å²) < 4.78 is 0. The highest BCUT2D eigenvalue weighted by Crippen LogP contribution is 2.44. The Bertz CT molecular complexity index is 158. The monoisotopic (exact) mass is 178 g/mol. The zero-order valence-corrected chi connectivity index (χ0v) is 8.73. The average Bonchev–Trinajstić information content (AvgIpc) is 2.50. The molecule has 1 saturated carbocycles. The smallest absolute Gasteiger partial charge is 0.0292 e. The third kappa shape index (κ3) is 2.36. The van der Waals surface area contributed by atoms with Crippen molar-refractivity contribution < 1.29 is 0 Å². The zero-order valence-electron chi connectivity index (χ0n) is 8.73. The summed E-state index contributed by atoms with van der Waals surface area (Å²) >= 11 is 0. The van der Waals surface area contributed by atoms with Gasteiger partial charge in [0.1, 0.15) is 0 Å². The molecular formula is C13H22. The maximum Gasteiger partial charge on any atom is -0.0292 e. The molecule has 0 unspecified atom stereocenters. The molecule has 2 aliphatic rings. The van der Waals surface area contributed by atoms with Gasteiger partial charge in [0.25, 0.3) is 0 Å². The number of hydrogen-bond donors (Lipinski definition) is 0. The molecule has 0 aromatic heterocycles. The molecule has 0 radical (unpaired) electrons. The van der Waals surface area contributed by atoms with Gasteiger partial charge in [0, 0.05) is 0 Å². The summed E-state index contributed by atoms with van der Waals surface area (Å²) in [4.78, 5) is 0. The van der Waals surface area contributed by atoms with Gasteiger partial charge in [-0.2, -0.15) is 0 Å². The number of allylic oxidation sites excluding steroid dienone is 2. The Morgan fingerprint density at radius 3 is 1.69 bits per heavy atom. The van der Waals surface area contributed by atoms with E-state index in [1.165, 1.54) is 64.2 Å². The van der Waals surface area contributed by atoms with E-state index in [-0.39, 0.29) is 0 Å². The molecule has 2 rings (SSSR count). The molecule has 0 amide bonds. The SMILES string of the molecule is C1=CCCC2(CC1)CCCCCC2. The zero-order chi connectivity index (χ0) is 8.99. The number of hydrogen-bond acceptors (Lipinski definition) is 0. The van der Waals surface area contributed by atoms with Crippen LogP contribution in [0, 0.1) is 5.41 Å². The van der Waals surface area contributed by atoms with Gasteiger partial charge in [-0.05, 0) is 43.9 Å². The van der Waals surface area contributed by atoms with E-state index in [4.69, 9.17) is 0 Å². The van der Waals surface area contributed by atoms with Crippen LogP contribution in [0.25, 0.3) is 0 Å². The van der Waals surface area contributed by atoms with Crippen molar-refractivity contribution >= 4 is 0 Å². The molecule has 1 spiro atoms. The molecule has 0 heteroatoms. The lowest BCUT2D eigenvalue weighted by molar-refractivity contribution is 0.210. The fraction of sp³-hybridized carbons (Fsp3) is 0.846. The highest BCUT2D eigenvalue weighted by atomic mass is 14.3. The van der Waals surface area contributed by atoms with E-state index in [2.05, 4.69) is 12.2 Å². The average molecular weight is 178 g/mol. The number of rotatable bonds is 0. The Labute approximate surface area is 82.4 Å². The van der Waals surface area contributed by atoms with Gasteiger partial charge in [-0.3, -0.25) is 0 Å². The Balaban J connectivity index is 1.99. The van der Waals surface area contributed by atoms with Crippen LogP contribution in [-0.4, -0.2) is 0 Å². The summed E-state index contributed by atoms with van der Waals surface area (Å²) in [6.07, 6.45) is 19.5. The molecule has 0 aromatic rings. The van der Waals surface area contributed by atoms with Crippen molar-refractivity contribution in [2.75, 3.05) is 0 Å². The van der Waals surface area contributed by atoms with Gasteiger partial charge in [-0.25, -0.2) is 0 Å². The molecule has 74 valence electrons. The first-order chi connectivity index (χ1) is 6.41. The molecule has 0 nitrogen and oxygen atoms in total. The summed E-state index contributed by atoms with van der Waals surface area (Å²) in [5, 5.41) is 0. The van der Waals surface area contributed by atoms with Crippen molar-refractivity contribution in [1.82, 2.24) is 0 Å². The first-order valence-electron chi connectivity index (χ1n) is 6.06. The van der Waals surface area contributed by atoms with Gasteiger partial charge in [-0.1, -0.05) is 37.8 Å². The first-order valence-corrected chi connectivity index (χ1v) is 6.06. The second kappa shape index (κ2) is 4.30. The fourth-order valence-corrected chi connectivity index (χ4v) is 3.12. The maximum atomic E-state index is 2.40. The molecular weight excluding hydrogens is 156 g/mol. The minimum absolute atomic E-state index is 0.764. The topological polar surface area (TPSA) is 0 Å². The summed E-state index contributed by atoms with van der Waals surface area (Å²) in [5.74, 6) is 0. The molecule has 13 heavy (non-hydrogen) atoms. The van der Waals surface area contributed by atoms with Crippen LogP contribution in [-0.2, 0) is 0 Å². The quantitative estimate of drug-likeness (QED) is 0.480. The third-order valence-corrected chi connectivity index (χ3v) is 4.01. The molecule has 2 aliphatic carbocycles. The van der Waals surface area contributed by atoms with E-state index >= 15 is 0 Å². The summed E-state index contributed by atoms with van der Waals surface area (Å²) in [5.41, 5.74) is 0.764. The van der Waals surface area contributed by atoms with Crippen LogP contribution >= 0.6 is 0 Å². The maximum absolute atomic E-state index is 2.40. The largest absolute Gasteiger partial charge is 0.0885 e. The van der Waals surface area contributed by atoms with E-state index in [0.29, 0.717) is 0 Å². The predicted molar refractivity (Wildman–Crippen MR) is 57.7 cm³/mol. The Kier molecular flexibility index (Phi) is 3.08. The molecule has 0 atom stereocenters. The van der Waals surface area contributed by atoms with Gasteiger partial charge >= 0.3 is 0 Å². The lowest BCUT2D eigenvalue weighted by Crippen LogP contribution is -2.18. The highest BCUT2D eigenvalue weighted by molar-refractivity contribution is 4.93. The van der Waals surface area contributed by atoms with E-state index in [0.717, 1.165) is 5.41 Å². The van der Waals surface area contributed by atoms with Crippen LogP contribution in [0.3, 0.4) is 0 Å². The van der Waals surface area contributed by atoms with Crippen LogP contribution in [0.5, 0.6) is 0 Å². The summed E-state index contributed by atoms with van der Waals surface area (Å²) in [6.45, 7) is 0. The lowest BCUT2D eigenvalue weighted by atomic mass is 9.74. The summed E-state index contributed by atoms with van der Waals surface area (Å²) in [7, 11) is 0. The second-order valence-electron chi connectivity index (χ2n) is 4.96. The second-order valence-corrected chi connectivity index (χ2v) is 4.96. The van der Waals surface area contributed by atoms with Crippen LogP contribution in [0.1, 0.15) is 64.2 Å². The molecule has 1 fully saturated rings. The Morgan fingerprint density at radius 1 is 0.615 bits per heavy atom. The van der Waals surface area contributed by atoms with Crippen molar-refractivity contribution in [3.8, 4) is 0 Å². The van der Waals surface area contributed by atoms with Gasteiger partial charge < -0.3 is 0 Å². The lowest BCUT2D eigenvalue weighted by Gasteiger charge is -2.31.